The van der Waals surface area contributed by atoms with Crippen molar-refractivity contribution in [3.8, 4) is 11.4 Å². The Morgan fingerprint density at radius 3 is 2.67 bits per heavy atom. The molecular weight excluding hydrogens is 330 g/mol. The second-order valence-corrected chi connectivity index (χ2v) is 5.94. The van der Waals surface area contributed by atoms with Gasteiger partial charge in [0.05, 0.1) is 15.7 Å². The third-order valence-corrected chi connectivity index (χ3v) is 4.16. The summed E-state index contributed by atoms with van der Waals surface area (Å²) >= 11 is 3.58. The van der Waals surface area contributed by atoms with Crippen LogP contribution in [0.4, 0.5) is 5.82 Å². The van der Waals surface area contributed by atoms with Gasteiger partial charge in [-0.2, -0.15) is 0 Å². The minimum absolute atomic E-state index is 0.298. The van der Waals surface area contributed by atoms with Crippen molar-refractivity contribution in [2.24, 2.45) is 0 Å². The number of hydrogen-bond donors (Lipinski definition) is 1. The standard InChI is InChI=1S/C16H16BrN3O/c1-9(2)14-13(17)16(18-3)20-15(19-14)11-8-21-12-7-5-4-6-10(11)12/h4-9H,1-3H3,(H,18,19,20). The quantitative estimate of drug-likeness (QED) is 0.739. The highest BCUT2D eigenvalue weighted by atomic mass is 79.9. The molecule has 0 spiro atoms. The van der Waals surface area contributed by atoms with Crippen molar-refractivity contribution in [2.75, 3.05) is 12.4 Å². The number of nitrogens with zero attached hydrogens (tertiary/aromatic N) is 2. The summed E-state index contributed by atoms with van der Waals surface area (Å²) in [6.07, 6.45) is 1.72. The lowest BCUT2D eigenvalue weighted by molar-refractivity contribution is 0.616. The number of halogens is 1. The van der Waals surface area contributed by atoms with Crippen LogP contribution in [0.15, 0.2) is 39.4 Å². The number of hydrogen-bond acceptors (Lipinski definition) is 4. The Kier molecular flexibility index (Phi) is 3.68. The van der Waals surface area contributed by atoms with Crippen LogP contribution in [-0.2, 0) is 0 Å². The van der Waals surface area contributed by atoms with Crippen molar-refractivity contribution in [3.05, 3.63) is 40.7 Å². The van der Waals surface area contributed by atoms with Crippen molar-refractivity contribution < 1.29 is 4.42 Å². The number of nitrogens with one attached hydrogen (secondary N) is 1. The second kappa shape index (κ2) is 5.48. The molecule has 3 aromatic rings. The van der Waals surface area contributed by atoms with Crippen LogP contribution >= 0.6 is 15.9 Å². The summed E-state index contributed by atoms with van der Waals surface area (Å²) in [5.74, 6) is 1.76. The van der Waals surface area contributed by atoms with Gasteiger partial charge < -0.3 is 9.73 Å². The molecule has 0 amide bonds. The summed E-state index contributed by atoms with van der Waals surface area (Å²) in [6.45, 7) is 4.23. The van der Waals surface area contributed by atoms with Gasteiger partial charge in [-0.15, -0.1) is 0 Å². The van der Waals surface area contributed by atoms with Crippen molar-refractivity contribution in [1.29, 1.82) is 0 Å². The van der Waals surface area contributed by atoms with Crippen LogP contribution in [0.3, 0.4) is 0 Å². The van der Waals surface area contributed by atoms with Crippen LogP contribution in [0.5, 0.6) is 0 Å². The van der Waals surface area contributed by atoms with Gasteiger partial charge in [0.1, 0.15) is 17.7 Å². The van der Waals surface area contributed by atoms with Gasteiger partial charge in [-0.05, 0) is 27.9 Å². The molecule has 0 unspecified atom stereocenters. The maximum atomic E-state index is 5.60. The molecule has 4 nitrogen and oxygen atoms in total. The van der Waals surface area contributed by atoms with Crippen LogP contribution in [0, 0.1) is 0 Å². The number of aromatic nitrogens is 2. The van der Waals surface area contributed by atoms with Gasteiger partial charge in [-0.1, -0.05) is 32.0 Å². The summed E-state index contributed by atoms with van der Waals surface area (Å²) < 4.78 is 6.51. The third kappa shape index (κ3) is 2.42. The van der Waals surface area contributed by atoms with E-state index in [2.05, 4.69) is 40.1 Å². The Balaban J connectivity index is 2.25. The van der Waals surface area contributed by atoms with E-state index in [1.807, 2.05) is 31.3 Å². The van der Waals surface area contributed by atoms with Gasteiger partial charge in [0.15, 0.2) is 5.82 Å². The van der Waals surface area contributed by atoms with Gasteiger partial charge >= 0.3 is 0 Å². The first-order valence-electron chi connectivity index (χ1n) is 6.83. The van der Waals surface area contributed by atoms with Crippen molar-refractivity contribution >= 4 is 32.7 Å². The normalized spacial score (nSPS) is 11.3. The van der Waals surface area contributed by atoms with Crippen LogP contribution in [0.1, 0.15) is 25.5 Å². The molecule has 2 heterocycles. The molecule has 0 aliphatic carbocycles. The average molecular weight is 346 g/mol. The lowest BCUT2D eigenvalue weighted by atomic mass is 10.1. The van der Waals surface area contributed by atoms with Gasteiger partial charge in [0.2, 0.25) is 0 Å². The predicted molar refractivity (Wildman–Crippen MR) is 88.6 cm³/mol. The molecular formula is C16H16BrN3O. The molecule has 0 atom stereocenters. The maximum Gasteiger partial charge on any atom is 0.165 e. The number of benzene rings is 1. The molecule has 0 saturated heterocycles. The number of para-hydroxylation sites is 1. The zero-order valence-corrected chi connectivity index (χ0v) is 13.7. The van der Waals surface area contributed by atoms with E-state index in [1.165, 1.54) is 0 Å². The van der Waals surface area contributed by atoms with Gasteiger partial charge in [0, 0.05) is 12.4 Å². The first-order chi connectivity index (χ1) is 10.1. The molecule has 0 saturated carbocycles. The van der Waals surface area contributed by atoms with Crippen LogP contribution < -0.4 is 5.32 Å². The largest absolute Gasteiger partial charge is 0.464 e. The highest BCUT2D eigenvalue weighted by molar-refractivity contribution is 9.10. The fourth-order valence-electron chi connectivity index (χ4n) is 2.28. The molecule has 108 valence electrons. The molecule has 1 N–H and O–H groups in total. The van der Waals surface area contributed by atoms with Crippen LogP contribution in [0.25, 0.3) is 22.4 Å². The maximum absolute atomic E-state index is 5.60. The molecule has 3 rings (SSSR count). The molecule has 0 bridgehead atoms. The SMILES string of the molecule is CNc1nc(-c2coc3ccccc23)nc(C(C)C)c1Br. The van der Waals surface area contributed by atoms with Crippen molar-refractivity contribution in [1.82, 2.24) is 9.97 Å². The molecule has 0 aliphatic heterocycles. The number of anilines is 1. The predicted octanol–water partition coefficient (Wildman–Crippen LogP) is 4.82. The fraction of sp³-hybridized carbons (Fsp3) is 0.250. The van der Waals surface area contributed by atoms with E-state index in [0.717, 1.165) is 32.5 Å². The van der Waals surface area contributed by atoms with E-state index >= 15 is 0 Å². The summed E-state index contributed by atoms with van der Waals surface area (Å²) in [5, 5.41) is 4.14. The number of furan rings is 1. The Hall–Kier alpha value is -1.88. The number of fused-ring (bicyclic) bond motifs is 1. The monoisotopic (exact) mass is 345 g/mol. The Bertz CT molecular complexity index is 795. The lowest BCUT2D eigenvalue weighted by Gasteiger charge is -2.12. The fourth-order valence-corrected chi connectivity index (χ4v) is 3.12. The first-order valence-corrected chi connectivity index (χ1v) is 7.63. The second-order valence-electron chi connectivity index (χ2n) is 5.15. The van der Waals surface area contributed by atoms with E-state index in [0.29, 0.717) is 11.7 Å². The Morgan fingerprint density at radius 1 is 1.19 bits per heavy atom. The van der Waals surface area contributed by atoms with E-state index < -0.39 is 0 Å². The Labute approximate surface area is 131 Å². The summed E-state index contributed by atoms with van der Waals surface area (Å²) in [7, 11) is 1.86. The van der Waals surface area contributed by atoms with Crippen molar-refractivity contribution in [3.63, 3.8) is 0 Å². The van der Waals surface area contributed by atoms with E-state index in [4.69, 9.17) is 9.40 Å². The summed E-state index contributed by atoms with van der Waals surface area (Å²) in [5.41, 5.74) is 2.74. The topological polar surface area (TPSA) is 51.0 Å². The van der Waals surface area contributed by atoms with Crippen molar-refractivity contribution in [2.45, 2.75) is 19.8 Å². The summed E-state index contributed by atoms with van der Waals surface area (Å²) in [6, 6.07) is 7.91. The highest BCUT2D eigenvalue weighted by Gasteiger charge is 2.17. The molecule has 0 fully saturated rings. The van der Waals surface area contributed by atoms with E-state index in [-0.39, 0.29) is 0 Å². The minimum Gasteiger partial charge on any atom is -0.464 e. The molecule has 0 radical (unpaired) electrons. The molecule has 21 heavy (non-hydrogen) atoms. The molecule has 5 heteroatoms. The van der Waals surface area contributed by atoms with Gasteiger partial charge in [0.25, 0.3) is 0 Å². The zero-order valence-electron chi connectivity index (χ0n) is 12.1. The van der Waals surface area contributed by atoms with Crippen LogP contribution in [0.2, 0.25) is 0 Å². The van der Waals surface area contributed by atoms with Gasteiger partial charge in [-0.25, -0.2) is 9.97 Å². The number of rotatable bonds is 3. The Morgan fingerprint density at radius 2 is 1.95 bits per heavy atom. The summed E-state index contributed by atoms with van der Waals surface area (Å²) in [4.78, 5) is 9.31. The first kappa shape index (κ1) is 14.1. The average Bonchev–Trinajstić information content (AvgIpc) is 2.91. The minimum atomic E-state index is 0.298. The molecule has 2 aromatic heterocycles. The molecule has 0 aliphatic rings. The zero-order chi connectivity index (χ0) is 15.0. The van der Waals surface area contributed by atoms with E-state index in [9.17, 15) is 0 Å². The van der Waals surface area contributed by atoms with Gasteiger partial charge in [-0.3, -0.25) is 0 Å². The highest BCUT2D eigenvalue weighted by Crippen LogP contribution is 2.34. The van der Waals surface area contributed by atoms with E-state index in [1.54, 1.807) is 6.26 Å². The molecule has 1 aromatic carbocycles. The smallest absolute Gasteiger partial charge is 0.165 e. The third-order valence-electron chi connectivity index (χ3n) is 3.38. The lowest BCUT2D eigenvalue weighted by Crippen LogP contribution is -2.04. The van der Waals surface area contributed by atoms with Crippen LogP contribution in [-0.4, -0.2) is 17.0 Å².